The first kappa shape index (κ1) is 33.4. The molecule has 8 nitrogen and oxygen atoms in total. The fourth-order valence-corrected chi connectivity index (χ4v) is 7.82. The number of nitrogens with one attached hydrogen (secondary N) is 1. The summed E-state index contributed by atoms with van der Waals surface area (Å²) in [5, 5.41) is 2.63. The quantitative estimate of drug-likeness (QED) is 0.0967. The third-order valence-electron chi connectivity index (χ3n) is 9.17. The topological polar surface area (TPSA) is 90.1 Å². The Balaban J connectivity index is 1.23. The van der Waals surface area contributed by atoms with Gasteiger partial charge in [-0.25, -0.2) is 9.63 Å². The van der Waals surface area contributed by atoms with E-state index in [1.807, 2.05) is 84.9 Å². The Bertz CT molecular complexity index is 1760. The molecule has 3 aromatic rings. The van der Waals surface area contributed by atoms with Crippen molar-refractivity contribution in [3.05, 3.63) is 113 Å². The number of carbonyl (C=O) groups is 3. The highest BCUT2D eigenvalue weighted by molar-refractivity contribution is 7.99. The number of hydrogen-bond acceptors (Lipinski definition) is 8. The van der Waals surface area contributed by atoms with E-state index in [4.69, 9.17) is 9.57 Å². The number of carbonyl (C=O) groups excluding carboxylic acids is 3. The van der Waals surface area contributed by atoms with E-state index in [0.29, 0.717) is 47.8 Å². The van der Waals surface area contributed by atoms with Crippen molar-refractivity contribution in [2.45, 2.75) is 63.1 Å². The molecule has 0 radical (unpaired) electrons. The largest absolute Gasteiger partial charge is 0.377 e. The summed E-state index contributed by atoms with van der Waals surface area (Å²) in [5.74, 6) is -0.245. The number of rotatable bonds is 11. The maximum atomic E-state index is 13.8. The summed E-state index contributed by atoms with van der Waals surface area (Å²) in [5.41, 5.74) is 5.23. The minimum absolute atomic E-state index is 0.0276. The number of hydrogen-bond donors (Lipinski definition) is 1. The summed E-state index contributed by atoms with van der Waals surface area (Å²) in [4.78, 5) is 50.1. The van der Waals surface area contributed by atoms with Gasteiger partial charge in [0.1, 0.15) is 0 Å². The SMILES string of the molecule is CCN1c2ccc(C(=O)/C(CCSc3ccccc3)=[NH+]/OC(C)=O)cc2C2C=C(C(=O)c3ccc(N4C(C)COCC4C)cc3)C=CC21. The van der Waals surface area contributed by atoms with Crippen molar-refractivity contribution in [3.8, 4) is 0 Å². The lowest BCUT2D eigenvalue weighted by Gasteiger charge is -2.40. The van der Waals surface area contributed by atoms with Crippen molar-refractivity contribution >= 4 is 46.4 Å². The Morgan fingerprint density at radius 3 is 2.35 bits per heavy atom. The van der Waals surface area contributed by atoms with E-state index >= 15 is 0 Å². The summed E-state index contributed by atoms with van der Waals surface area (Å²) in [6.45, 7) is 9.87. The number of morpholine rings is 1. The molecule has 1 N–H and O–H groups in total. The number of ether oxygens (including phenoxy) is 1. The zero-order chi connectivity index (χ0) is 33.8. The molecule has 0 spiro atoms. The lowest BCUT2D eigenvalue weighted by molar-refractivity contribution is -0.723. The van der Waals surface area contributed by atoms with E-state index in [9.17, 15) is 14.4 Å². The summed E-state index contributed by atoms with van der Waals surface area (Å²) in [6.07, 6.45) is 6.48. The van der Waals surface area contributed by atoms with Gasteiger partial charge in [0.25, 0.3) is 11.5 Å². The second-order valence-electron chi connectivity index (χ2n) is 12.5. The summed E-state index contributed by atoms with van der Waals surface area (Å²) >= 11 is 1.63. The van der Waals surface area contributed by atoms with Crippen molar-refractivity contribution in [2.75, 3.05) is 35.3 Å². The van der Waals surface area contributed by atoms with E-state index in [1.54, 1.807) is 11.8 Å². The van der Waals surface area contributed by atoms with Gasteiger partial charge in [0.05, 0.1) is 25.7 Å². The zero-order valence-electron chi connectivity index (χ0n) is 27.8. The molecule has 0 bridgehead atoms. The van der Waals surface area contributed by atoms with E-state index in [2.05, 4.69) is 41.8 Å². The van der Waals surface area contributed by atoms with Gasteiger partial charge < -0.3 is 14.5 Å². The Morgan fingerprint density at radius 1 is 0.958 bits per heavy atom. The van der Waals surface area contributed by atoms with Crippen LogP contribution < -0.4 is 15.0 Å². The van der Waals surface area contributed by atoms with Crippen LogP contribution in [0, 0.1) is 0 Å². The monoisotopic (exact) mass is 664 g/mol. The molecule has 9 heteroatoms. The fourth-order valence-electron chi connectivity index (χ4n) is 6.93. The maximum Gasteiger partial charge on any atom is 0.376 e. The average Bonchev–Trinajstić information content (AvgIpc) is 3.42. The second kappa shape index (κ2) is 14.7. The van der Waals surface area contributed by atoms with Crippen LogP contribution in [0.2, 0.25) is 0 Å². The Morgan fingerprint density at radius 2 is 1.67 bits per heavy atom. The molecule has 1 fully saturated rings. The van der Waals surface area contributed by atoms with Crippen LogP contribution >= 0.6 is 11.8 Å². The zero-order valence-corrected chi connectivity index (χ0v) is 28.7. The highest BCUT2D eigenvalue weighted by Crippen LogP contribution is 2.45. The first-order valence-corrected chi connectivity index (χ1v) is 17.6. The molecule has 0 amide bonds. The highest BCUT2D eigenvalue weighted by Gasteiger charge is 2.38. The molecule has 248 valence electrons. The molecule has 0 saturated carbocycles. The van der Waals surface area contributed by atoms with Crippen LogP contribution in [-0.4, -0.2) is 66.9 Å². The van der Waals surface area contributed by atoms with Gasteiger partial charge >= 0.3 is 5.97 Å². The van der Waals surface area contributed by atoms with Crippen LogP contribution in [0.15, 0.2) is 101 Å². The molecule has 1 saturated heterocycles. The minimum Gasteiger partial charge on any atom is -0.377 e. The van der Waals surface area contributed by atoms with Crippen molar-refractivity contribution in [3.63, 3.8) is 0 Å². The third kappa shape index (κ3) is 7.03. The summed E-state index contributed by atoms with van der Waals surface area (Å²) in [6, 6.07) is 24.2. The Labute approximate surface area is 286 Å². The van der Waals surface area contributed by atoms with Gasteiger partial charge in [-0.2, -0.15) is 0 Å². The first-order valence-electron chi connectivity index (χ1n) is 16.6. The number of benzene rings is 3. The van der Waals surface area contributed by atoms with Gasteiger partial charge in [0, 0.05) is 70.2 Å². The average molecular weight is 665 g/mol. The molecule has 3 aliphatic rings. The number of likely N-dealkylation sites (N-methyl/N-ethyl adjacent to an activating group) is 1. The smallest absolute Gasteiger partial charge is 0.376 e. The predicted octanol–water partition coefficient (Wildman–Crippen LogP) is 5.34. The number of fused-ring (bicyclic) bond motifs is 3. The standard InChI is InChI=1S/C39H41N3O5S/c1-5-41-36-17-13-29(38(44)28-11-15-31(16-12-28)42-25(2)23-46-24-26(42)3)21-33(36)34-22-30(14-18-37(34)41)39(45)35(40-47-27(4)43)19-20-48-32-9-7-6-8-10-32/h6-18,21-22,25-26,33,36H,5,19-20,23-24H2,1-4H3/p+1/b40-35+. The van der Waals surface area contributed by atoms with Crippen LogP contribution in [0.1, 0.15) is 66.3 Å². The van der Waals surface area contributed by atoms with Crippen molar-refractivity contribution in [1.29, 1.82) is 0 Å². The van der Waals surface area contributed by atoms with E-state index in [-0.39, 0.29) is 35.6 Å². The third-order valence-corrected chi connectivity index (χ3v) is 10.2. The number of allylic oxidation sites excluding steroid dienone is 2. The molecule has 3 aromatic carbocycles. The normalized spacial score (nSPS) is 21.8. The molecule has 4 atom stereocenters. The van der Waals surface area contributed by atoms with Gasteiger partial charge in [0.2, 0.25) is 0 Å². The van der Waals surface area contributed by atoms with Crippen LogP contribution in [0.25, 0.3) is 0 Å². The second-order valence-corrected chi connectivity index (χ2v) is 13.7. The number of thioether (sulfide) groups is 1. The molecule has 2 heterocycles. The maximum absolute atomic E-state index is 13.8. The lowest BCUT2D eigenvalue weighted by Crippen LogP contribution is -2.74. The van der Waals surface area contributed by atoms with Gasteiger partial charge in [-0.3, -0.25) is 9.59 Å². The van der Waals surface area contributed by atoms with Crippen LogP contribution in [0.5, 0.6) is 0 Å². The van der Waals surface area contributed by atoms with Crippen LogP contribution in [0.3, 0.4) is 0 Å². The summed E-state index contributed by atoms with van der Waals surface area (Å²) < 4.78 is 5.69. The highest BCUT2D eigenvalue weighted by atomic mass is 32.2. The first-order chi connectivity index (χ1) is 23.2. The van der Waals surface area contributed by atoms with Gasteiger partial charge in [-0.05, 0) is 86.1 Å². The number of ketones is 2. The van der Waals surface area contributed by atoms with Crippen LogP contribution in [-0.2, 0) is 14.4 Å². The van der Waals surface area contributed by atoms with Gasteiger partial charge in [-0.1, -0.05) is 36.4 Å². The molecule has 2 aliphatic heterocycles. The molecular weight excluding hydrogens is 623 g/mol. The molecule has 6 rings (SSSR count). The lowest BCUT2D eigenvalue weighted by atomic mass is 9.85. The van der Waals surface area contributed by atoms with E-state index < -0.39 is 5.97 Å². The number of Topliss-reactive ketones (excluding diaryl/α,β-unsaturated/α-hetero) is 2. The van der Waals surface area contributed by atoms with Crippen molar-refractivity contribution in [2.24, 2.45) is 0 Å². The minimum atomic E-state index is -0.525. The van der Waals surface area contributed by atoms with E-state index in [1.165, 1.54) is 6.92 Å². The van der Waals surface area contributed by atoms with Crippen molar-refractivity contribution < 1.29 is 29.1 Å². The molecule has 4 unspecified atom stereocenters. The van der Waals surface area contributed by atoms with Gasteiger partial charge in [0.15, 0.2) is 5.78 Å². The number of anilines is 2. The molecule has 0 aromatic heterocycles. The van der Waals surface area contributed by atoms with Gasteiger partial charge in [-0.15, -0.1) is 11.8 Å². The molecule has 48 heavy (non-hydrogen) atoms. The van der Waals surface area contributed by atoms with Crippen LogP contribution in [0.4, 0.5) is 11.4 Å². The van der Waals surface area contributed by atoms with Crippen molar-refractivity contribution in [1.82, 2.24) is 0 Å². The van der Waals surface area contributed by atoms with E-state index in [0.717, 1.165) is 28.4 Å². The fraction of sp³-hybridized carbons (Fsp3) is 0.333. The number of nitrogens with zero attached hydrogens (tertiary/aromatic N) is 2. The molecule has 1 aliphatic carbocycles. The Kier molecular flexibility index (Phi) is 10.3. The summed E-state index contributed by atoms with van der Waals surface area (Å²) in [7, 11) is 0. The Hall–Kier alpha value is -4.47. The predicted molar refractivity (Wildman–Crippen MR) is 190 cm³/mol. The molecular formula is C39H42N3O5S+.